The van der Waals surface area contributed by atoms with Gasteiger partial charge in [-0.2, -0.15) is 0 Å². The first kappa shape index (κ1) is 58.5. The second-order valence-corrected chi connectivity index (χ2v) is 23.7. The van der Waals surface area contributed by atoms with Gasteiger partial charge in [-0.05, 0) is 142 Å². The van der Waals surface area contributed by atoms with Gasteiger partial charge in [0.1, 0.15) is 36.2 Å². The quantitative estimate of drug-likeness (QED) is 0.0515. The lowest BCUT2D eigenvalue weighted by Crippen LogP contribution is -2.42. The molecule has 12 heteroatoms. The van der Waals surface area contributed by atoms with E-state index in [-0.39, 0.29) is 96.0 Å². The van der Waals surface area contributed by atoms with Crippen LogP contribution in [0.1, 0.15) is 176 Å². The minimum Gasteiger partial charge on any atom is -0.507 e. The van der Waals surface area contributed by atoms with Gasteiger partial charge < -0.3 is 39.4 Å². The highest BCUT2D eigenvalue weighted by Gasteiger charge is 2.33. The number of aromatic hydroxyl groups is 4. The molecule has 0 amide bonds. The van der Waals surface area contributed by atoms with Gasteiger partial charge in [-0.1, -0.05) is 132 Å². The van der Waals surface area contributed by atoms with Gasteiger partial charge in [-0.3, -0.25) is 19.2 Å². The smallest absolute Gasteiger partial charge is 0.306 e. The van der Waals surface area contributed by atoms with E-state index in [1.165, 1.54) is 0 Å². The molecule has 0 spiro atoms. The number of benzene rings is 4. The summed E-state index contributed by atoms with van der Waals surface area (Å²) in [6, 6.07) is 14.7. The number of carbonyl (C=O) groups is 4. The molecule has 0 aliphatic heterocycles. The zero-order valence-electron chi connectivity index (χ0n) is 45.9. The van der Waals surface area contributed by atoms with E-state index in [4.69, 9.17) is 18.9 Å². The molecule has 0 heterocycles. The first-order valence-electron chi connectivity index (χ1n) is 25.2. The van der Waals surface area contributed by atoms with Crippen LogP contribution in [-0.4, -0.2) is 69.7 Å². The van der Waals surface area contributed by atoms with E-state index >= 15 is 0 Å². The third kappa shape index (κ3) is 16.5. The highest BCUT2D eigenvalue weighted by Crippen LogP contribution is 2.38. The summed E-state index contributed by atoms with van der Waals surface area (Å²) in [7, 11) is 0. The van der Waals surface area contributed by atoms with Crippen molar-refractivity contribution in [2.24, 2.45) is 0 Å². The molecule has 12 nitrogen and oxygen atoms in total. The van der Waals surface area contributed by atoms with Gasteiger partial charge in [0.15, 0.2) is 12.2 Å². The number of phenolic OH excluding ortho intramolecular Hbond substituents is 4. The summed E-state index contributed by atoms with van der Waals surface area (Å²) in [5.41, 5.74) is 7.41. The van der Waals surface area contributed by atoms with E-state index in [1.807, 2.05) is 132 Å². The number of phenols is 4. The lowest BCUT2D eigenvalue weighted by Gasteiger charge is -2.27. The second kappa shape index (κ2) is 23.7. The van der Waals surface area contributed by atoms with Crippen molar-refractivity contribution in [3.63, 3.8) is 0 Å². The number of hydrogen-bond donors (Lipinski definition) is 4. The van der Waals surface area contributed by atoms with Crippen LogP contribution in [0.4, 0.5) is 0 Å². The van der Waals surface area contributed by atoms with Crippen LogP contribution in [0.3, 0.4) is 0 Å². The zero-order chi connectivity index (χ0) is 54.3. The van der Waals surface area contributed by atoms with Crippen LogP contribution in [0, 0.1) is 27.7 Å². The summed E-state index contributed by atoms with van der Waals surface area (Å²) < 4.78 is 23.7. The average Bonchev–Trinajstić information content (AvgIpc) is 3.26. The van der Waals surface area contributed by atoms with Gasteiger partial charge in [0.05, 0.1) is 0 Å². The Kier molecular flexibility index (Phi) is 19.2. The molecule has 4 rings (SSSR count). The van der Waals surface area contributed by atoms with E-state index in [1.54, 1.807) is 27.7 Å². The van der Waals surface area contributed by atoms with Crippen LogP contribution in [0.2, 0.25) is 0 Å². The maximum Gasteiger partial charge on any atom is 0.306 e. The molecule has 72 heavy (non-hydrogen) atoms. The molecule has 4 N–H and O–H groups in total. The highest BCUT2D eigenvalue weighted by atomic mass is 16.6. The molecule has 0 fully saturated rings. The molecule has 0 aromatic heterocycles. The normalized spacial score (nSPS) is 13.1. The van der Waals surface area contributed by atoms with Gasteiger partial charge >= 0.3 is 23.9 Å². The first-order valence-corrected chi connectivity index (χ1v) is 25.2. The van der Waals surface area contributed by atoms with Crippen molar-refractivity contribution >= 4 is 23.9 Å². The molecule has 0 aliphatic carbocycles. The fourth-order valence-corrected chi connectivity index (χ4v) is 8.65. The number of rotatable bonds is 19. The highest BCUT2D eigenvalue weighted by molar-refractivity contribution is 5.73. The van der Waals surface area contributed by atoms with Crippen molar-refractivity contribution in [1.82, 2.24) is 0 Å². The molecule has 0 saturated heterocycles. The Morgan fingerprint density at radius 3 is 0.792 bits per heavy atom. The lowest BCUT2D eigenvalue weighted by molar-refractivity contribution is -0.182. The minimum absolute atomic E-state index is 0.0551. The third-order valence-electron chi connectivity index (χ3n) is 12.9. The van der Waals surface area contributed by atoms with E-state index in [2.05, 4.69) is 0 Å². The van der Waals surface area contributed by atoms with Crippen LogP contribution in [0.25, 0.3) is 0 Å². The van der Waals surface area contributed by atoms with Crippen molar-refractivity contribution in [2.45, 2.75) is 196 Å². The monoisotopic (exact) mass is 995 g/mol. The van der Waals surface area contributed by atoms with Crippen molar-refractivity contribution in [3.05, 3.63) is 115 Å². The second-order valence-electron chi connectivity index (χ2n) is 23.7. The van der Waals surface area contributed by atoms with Gasteiger partial charge in [0.25, 0.3) is 0 Å². The molecular weight excluding hydrogens is 913 g/mol. The molecule has 4 aromatic carbocycles. The zero-order valence-corrected chi connectivity index (χ0v) is 45.9. The Morgan fingerprint density at radius 1 is 0.375 bits per heavy atom. The number of esters is 4. The summed E-state index contributed by atoms with van der Waals surface area (Å²) in [6.45, 7) is 30.0. The average molecular weight is 995 g/mol. The van der Waals surface area contributed by atoms with Gasteiger partial charge in [-0.15, -0.1) is 0 Å². The molecule has 4 aromatic rings. The Bertz CT molecular complexity index is 2410. The summed E-state index contributed by atoms with van der Waals surface area (Å²) in [6.07, 6.45) is -2.07. The molecule has 0 bridgehead atoms. The third-order valence-corrected chi connectivity index (χ3v) is 12.9. The van der Waals surface area contributed by atoms with E-state index in [9.17, 15) is 39.6 Å². The van der Waals surface area contributed by atoms with Crippen molar-refractivity contribution in [1.29, 1.82) is 0 Å². The maximum atomic E-state index is 13.9. The maximum absolute atomic E-state index is 13.9. The Morgan fingerprint density at radius 2 is 0.583 bits per heavy atom. The van der Waals surface area contributed by atoms with Crippen molar-refractivity contribution in [3.8, 4) is 23.0 Å². The van der Waals surface area contributed by atoms with E-state index in [0.717, 1.165) is 44.5 Å². The standard InChI is InChI=1S/C60H82O12/c1-35-25-39(29-43(53(35)65)57(5,6)7)17-21-49(61)69-33-47(71-51(63)23-19-41-27-37(3)55(67)45(31-41)59(11,12)13)48(72-52(64)24-20-42-28-38(4)56(68)46(32-42)60(14,15)16)34-70-50(62)22-18-40-26-36(2)54(66)44(30-40)58(8,9)10/h25-32,47-48,65-68H,17-24,33-34H2,1-16H3. The van der Waals surface area contributed by atoms with Gasteiger partial charge in [0.2, 0.25) is 0 Å². The summed E-state index contributed by atoms with van der Waals surface area (Å²) in [5, 5.41) is 43.2. The molecular formula is C60H82O12. The largest absolute Gasteiger partial charge is 0.507 e. The fraction of sp³-hybridized carbons (Fsp3) is 0.533. The molecule has 0 radical (unpaired) electrons. The Balaban J connectivity index is 1.64. The minimum atomic E-state index is -1.40. The van der Waals surface area contributed by atoms with Gasteiger partial charge in [-0.25, -0.2) is 0 Å². The summed E-state index contributed by atoms with van der Waals surface area (Å²) >= 11 is 0. The van der Waals surface area contributed by atoms with E-state index < -0.39 is 49.3 Å². The van der Waals surface area contributed by atoms with Crippen LogP contribution >= 0.6 is 0 Å². The van der Waals surface area contributed by atoms with Crippen LogP contribution in [-0.2, 0) is 85.5 Å². The predicted molar refractivity (Wildman–Crippen MR) is 281 cm³/mol. The molecule has 2 unspecified atom stereocenters. The van der Waals surface area contributed by atoms with Crippen molar-refractivity contribution < 1.29 is 58.6 Å². The fourth-order valence-electron chi connectivity index (χ4n) is 8.65. The SMILES string of the molecule is Cc1cc(CCC(=O)OCC(OC(=O)CCc2cc(C)c(O)c(C(C)(C)C)c2)C(COC(=O)CCc2cc(C)c(O)c(C(C)(C)C)c2)OC(=O)CCc2cc(C)c(O)c(C(C)(C)C)c2)cc(C(C)(C)C)c1O. The summed E-state index contributed by atoms with van der Waals surface area (Å²) in [4.78, 5) is 54.8. The first-order chi connectivity index (χ1) is 33.1. The van der Waals surface area contributed by atoms with E-state index in [0.29, 0.717) is 22.3 Å². The Hall–Kier alpha value is -6.04. The Labute approximate surface area is 428 Å². The van der Waals surface area contributed by atoms with Crippen LogP contribution in [0.5, 0.6) is 23.0 Å². The topological polar surface area (TPSA) is 186 Å². The van der Waals surface area contributed by atoms with Crippen molar-refractivity contribution in [2.75, 3.05) is 13.2 Å². The number of carbonyl (C=O) groups excluding carboxylic acids is 4. The summed E-state index contributed by atoms with van der Waals surface area (Å²) in [5.74, 6) is -1.83. The molecule has 394 valence electrons. The number of aryl methyl sites for hydroxylation is 8. The predicted octanol–water partition coefficient (Wildman–Crippen LogP) is 11.7. The number of ether oxygens (including phenoxy) is 4. The lowest BCUT2D eigenvalue weighted by atomic mass is 9.83. The molecule has 0 saturated carbocycles. The molecule has 0 aliphatic rings. The van der Waals surface area contributed by atoms with Crippen LogP contribution in [0.15, 0.2) is 48.5 Å². The number of hydrogen-bond acceptors (Lipinski definition) is 12. The molecule has 2 atom stereocenters. The van der Waals surface area contributed by atoms with Gasteiger partial charge in [0, 0.05) is 25.7 Å². The van der Waals surface area contributed by atoms with Crippen LogP contribution < -0.4 is 0 Å².